The number of nitrogens with zero attached hydrogens (tertiary/aromatic N) is 2. The maximum absolute atomic E-state index is 12.4. The zero-order chi connectivity index (χ0) is 16.3. The van der Waals surface area contributed by atoms with E-state index < -0.39 is 4.92 Å². The van der Waals surface area contributed by atoms with Gasteiger partial charge in [0.2, 0.25) is 0 Å². The van der Waals surface area contributed by atoms with Crippen LogP contribution in [0, 0.1) is 16.0 Å². The van der Waals surface area contributed by atoms with Gasteiger partial charge >= 0.3 is 5.69 Å². The van der Waals surface area contributed by atoms with Crippen LogP contribution in [-0.2, 0) is 0 Å². The van der Waals surface area contributed by atoms with Gasteiger partial charge in [0.1, 0.15) is 0 Å². The van der Waals surface area contributed by atoms with Crippen LogP contribution in [0.5, 0.6) is 5.75 Å². The van der Waals surface area contributed by atoms with E-state index in [1.165, 1.54) is 30.2 Å². The number of hydrogen-bond donors (Lipinski definition) is 1. The summed E-state index contributed by atoms with van der Waals surface area (Å²) < 4.78 is 4.92. The van der Waals surface area contributed by atoms with Crippen molar-refractivity contribution in [3.63, 3.8) is 0 Å². The summed E-state index contributed by atoms with van der Waals surface area (Å²) >= 11 is 0. The normalized spacial score (nSPS) is 20.7. The van der Waals surface area contributed by atoms with Crippen molar-refractivity contribution < 1.29 is 19.6 Å². The van der Waals surface area contributed by atoms with Crippen LogP contribution in [0.25, 0.3) is 0 Å². The van der Waals surface area contributed by atoms with Gasteiger partial charge in [-0.25, -0.2) is 0 Å². The molecule has 1 N–H and O–H groups in total. The van der Waals surface area contributed by atoms with E-state index >= 15 is 0 Å². The van der Waals surface area contributed by atoms with Gasteiger partial charge in [-0.1, -0.05) is 6.42 Å². The molecular formula is C15H20N2O5. The first-order valence-corrected chi connectivity index (χ1v) is 7.20. The topological polar surface area (TPSA) is 92.9 Å². The monoisotopic (exact) mass is 308 g/mol. The third-order valence-electron chi connectivity index (χ3n) is 4.10. The smallest absolute Gasteiger partial charge is 0.311 e. The summed E-state index contributed by atoms with van der Waals surface area (Å²) in [5.41, 5.74) is 0.00476. The highest BCUT2D eigenvalue weighted by atomic mass is 16.6. The Morgan fingerprint density at radius 3 is 2.77 bits per heavy atom. The van der Waals surface area contributed by atoms with Gasteiger partial charge in [-0.2, -0.15) is 0 Å². The zero-order valence-electron chi connectivity index (χ0n) is 12.7. The summed E-state index contributed by atoms with van der Waals surface area (Å²) in [6.45, 7) is 0.444. The molecule has 0 heterocycles. The molecule has 2 unspecified atom stereocenters. The highest BCUT2D eigenvalue weighted by molar-refractivity contribution is 5.95. The number of ether oxygens (including phenoxy) is 1. The Morgan fingerprint density at radius 2 is 2.23 bits per heavy atom. The Bertz CT molecular complexity index is 575. The van der Waals surface area contributed by atoms with Crippen molar-refractivity contribution in [3.05, 3.63) is 33.9 Å². The van der Waals surface area contributed by atoms with Crippen LogP contribution in [0.3, 0.4) is 0 Å². The first kappa shape index (κ1) is 16.2. The van der Waals surface area contributed by atoms with Gasteiger partial charge in [0.05, 0.1) is 18.1 Å². The molecule has 1 amide bonds. The quantitative estimate of drug-likeness (QED) is 0.661. The fraction of sp³-hybridized carbons (Fsp3) is 0.533. The molecule has 7 heteroatoms. The first-order chi connectivity index (χ1) is 10.4. The second-order valence-electron chi connectivity index (χ2n) is 5.59. The summed E-state index contributed by atoms with van der Waals surface area (Å²) in [5, 5.41) is 20.8. The van der Waals surface area contributed by atoms with Gasteiger partial charge in [-0.15, -0.1) is 0 Å². The maximum atomic E-state index is 12.4. The van der Waals surface area contributed by atoms with Crippen molar-refractivity contribution in [1.29, 1.82) is 0 Å². The molecule has 2 rings (SSSR count). The first-order valence-electron chi connectivity index (χ1n) is 7.20. The van der Waals surface area contributed by atoms with Crippen LogP contribution in [0.1, 0.15) is 29.6 Å². The zero-order valence-corrected chi connectivity index (χ0v) is 12.7. The number of hydrogen-bond acceptors (Lipinski definition) is 5. The molecule has 2 atom stereocenters. The van der Waals surface area contributed by atoms with E-state index in [-0.39, 0.29) is 34.9 Å². The Labute approximate surface area is 128 Å². The fourth-order valence-electron chi connectivity index (χ4n) is 2.85. The van der Waals surface area contributed by atoms with E-state index in [2.05, 4.69) is 0 Å². The second kappa shape index (κ2) is 6.74. The van der Waals surface area contributed by atoms with Crippen molar-refractivity contribution in [1.82, 2.24) is 4.90 Å². The molecule has 0 aliphatic heterocycles. The number of rotatable bonds is 5. The Kier molecular flexibility index (Phi) is 4.97. The summed E-state index contributed by atoms with van der Waals surface area (Å²) in [7, 11) is 2.99. The molecular weight excluding hydrogens is 288 g/mol. The van der Waals surface area contributed by atoms with Crippen molar-refractivity contribution in [2.45, 2.75) is 25.4 Å². The predicted molar refractivity (Wildman–Crippen MR) is 80.0 cm³/mol. The van der Waals surface area contributed by atoms with Crippen LogP contribution >= 0.6 is 0 Å². The van der Waals surface area contributed by atoms with Gasteiger partial charge in [-0.3, -0.25) is 14.9 Å². The van der Waals surface area contributed by atoms with E-state index in [9.17, 15) is 20.0 Å². The number of methoxy groups -OCH3 is 1. The molecule has 7 nitrogen and oxygen atoms in total. The van der Waals surface area contributed by atoms with Gasteiger partial charge in [0, 0.05) is 31.1 Å². The number of benzene rings is 1. The highest BCUT2D eigenvalue weighted by Gasteiger charge is 2.28. The van der Waals surface area contributed by atoms with E-state index in [4.69, 9.17) is 4.74 Å². The Hall–Kier alpha value is -2.15. The van der Waals surface area contributed by atoms with E-state index in [1.54, 1.807) is 7.05 Å². The van der Waals surface area contributed by atoms with Gasteiger partial charge in [-0.05, 0) is 25.0 Å². The number of carbonyl (C=O) groups is 1. The van der Waals surface area contributed by atoms with E-state index in [1.807, 2.05) is 0 Å². The predicted octanol–water partition coefficient (Wildman–Crippen LogP) is 1.84. The summed E-state index contributed by atoms with van der Waals surface area (Å²) in [4.78, 5) is 24.3. The third-order valence-corrected chi connectivity index (χ3v) is 4.10. The van der Waals surface area contributed by atoms with Crippen molar-refractivity contribution in [2.24, 2.45) is 5.92 Å². The summed E-state index contributed by atoms with van der Waals surface area (Å²) in [6, 6.07) is 4.15. The lowest BCUT2D eigenvalue weighted by Crippen LogP contribution is -2.34. The summed E-state index contributed by atoms with van der Waals surface area (Å²) in [6.07, 6.45) is 2.24. The standard InChI is InChI=1S/C15H20N2O5/c1-16(9-11-4-3-5-13(11)18)15(19)10-6-7-14(22-2)12(8-10)17(20)21/h6-8,11,13,18H,3-5,9H2,1-2H3. The Morgan fingerprint density at radius 1 is 1.50 bits per heavy atom. The molecule has 1 aliphatic rings. The van der Waals surface area contributed by atoms with Crippen LogP contribution in [-0.4, -0.2) is 47.6 Å². The van der Waals surface area contributed by atoms with E-state index in [0.29, 0.717) is 6.54 Å². The lowest BCUT2D eigenvalue weighted by molar-refractivity contribution is -0.385. The van der Waals surface area contributed by atoms with Crippen molar-refractivity contribution >= 4 is 11.6 Å². The largest absolute Gasteiger partial charge is 0.490 e. The van der Waals surface area contributed by atoms with Crippen LogP contribution in [0.2, 0.25) is 0 Å². The van der Waals surface area contributed by atoms with Crippen molar-refractivity contribution in [3.8, 4) is 5.75 Å². The lowest BCUT2D eigenvalue weighted by atomic mass is 10.0. The highest BCUT2D eigenvalue weighted by Crippen LogP contribution is 2.29. The molecule has 22 heavy (non-hydrogen) atoms. The maximum Gasteiger partial charge on any atom is 0.311 e. The van der Waals surface area contributed by atoms with Gasteiger partial charge < -0.3 is 14.7 Å². The minimum Gasteiger partial charge on any atom is -0.490 e. The molecule has 120 valence electrons. The minimum atomic E-state index is -0.573. The molecule has 1 aromatic carbocycles. The van der Waals surface area contributed by atoms with Gasteiger partial charge in [0.15, 0.2) is 5.75 Å². The third kappa shape index (κ3) is 3.36. The minimum absolute atomic E-state index is 0.0715. The second-order valence-corrected chi connectivity index (χ2v) is 5.59. The Balaban J connectivity index is 2.14. The molecule has 0 bridgehead atoms. The average molecular weight is 308 g/mol. The molecule has 1 saturated carbocycles. The van der Waals surface area contributed by atoms with E-state index in [0.717, 1.165) is 19.3 Å². The van der Waals surface area contributed by atoms with Gasteiger partial charge in [0.25, 0.3) is 5.91 Å². The summed E-state index contributed by atoms with van der Waals surface area (Å²) in [5.74, 6) is -0.109. The molecule has 1 fully saturated rings. The van der Waals surface area contributed by atoms with Crippen molar-refractivity contribution in [2.75, 3.05) is 20.7 Å². The number of nitro groups is 1. The molecule has 0 aromatic heterocycles. The van der Waals surface area contributed by atoms with Crippen LogP contribution in [0.15, 0.2) is 18.2 Å². The molecule has 1 aromatic rings. The SMILES string of the molecule is COc1ccc(C(=O)N(C)CC2CCCC2O)cc1[N+](=O)[O-]. The molecule has 0 saturated heterocycles. The molecule has 1 aliphatic carbocycles. The molecule has 0 radical (unpaired) electrons. The number of aliphatic hydroxyl groups is 1. The fourth-order valence-corrected chi connectivity index (χ4v) is 2.85. The van der Waals surface area contributed by atoms with Crippen LogP contribution < -0.4 is 4.74 Å². The number of carbonyl (C=O) groups excluding carboxylic acids is 1. The number of aliphatic hydroxyl groups excluding tert-OH is 1. The van der Waals surface area contributed by atoms with Crippen LogP contribution in [0.4, 0.5) is 5.69 Å². The number of amides is 1. The molecule has 0 spiro atoms. The number of nitro benzene ring substituents is 1. The average Bonchev–Trinajstić information content (AvgIpc) is 2.90. The lowest BCUT2D eigenvalue weighted by Gasteiger charge is -2.23.